The molecule has 0 radical (unpaired) electrons. The lowest BCUT2D eigenvalue weighted by molar-refractivity contribution is 0.0370. The maximum atomic E-state index is 13.8. The molecule has 2 aromatic carbocycles. The van der Waals surface area contributed by atoms with E-state index in [1.807, 2.05) is 18.2 Å². The van der Waals surface area contributed by atoms with Crippen LogP contribution in [0.1, 0.15) is 33.3 Å². The van der Waals surface area contributed by atoms with Gasteiger partial charge in [-0.15, -0.1) is 0 Å². The summed E-state index contributed by atoms with van der Waals surface area (Å²) in [7, 11) is 0. The summed E-state index contributed by atoms with van der Waals surface area (Å²) >= 11 is 6.19. The van der Waals surface area contributed by atoms with E-state index in [1.165, 1.54) is 18.3 Å². The van der Waals surface area contributed by atoms with Crippen LogP contribution in [0.15, 0.2) is 85.3 Å². The summed E-state index contributed by atoms with van der Waals surface area (Å²) in [6.07, 6.45) is 3.77. The Morgan fingerprint density at radius 3 is 2.70 bits per heavy atom. The first kappa shape index (κ1) is 19.8. The first-order valence-corrected chi connectivity index (χ1v) is 9.61. The fourth-order valence-corrected chi connectivity index (χ4v) is 3.23. The Bertz CT molecular complexity index is 1160. The molecule has 5 nitrogen and oxygen atoms in total. The van der Waals surface area contributed by atoms with Crippen molar-refractivity contribution in [3.63, 3.8) is 0 Å². The zero-order valence-electron chi connectivity index (χ0n) is 15.8. The normalized spacial score (nSPS) is 11.8. The molecule has 1 unspecified atom stereocenters. The largest absolute Gasteiger partial charge is 0.447 e. The third-order valence-corrected chi connectivity index (χ3v) is 4.86. The lowest BCUT2D eigenvalue weighted by Crippen LogP contribution is -2.14. The van der Waals surface area contributed by atoms with Gasteiger partial charge in [-0.05, 0) is 35.9 Å². The third kappa shape index (κ3) is 4.55. The van der Waals surface area contributed by atoms with Crippen molar-refractivity contribution in [2.45, 2.75) is 12.6 Å². The topological polar surface area (TPSA) is 57.0 Å². The molecule has 30 heavy (non-hydrogen) atoms. The van der Waals surface area contributed by atoms with Crippen LogP contribution in [0.4, 0.5) is 4.39 Å². The minimum Gasteiger partial charge on any atom is -0.447 e. The third-order valence-electron chi connectivity index (χ3n) is 4.49. The molecular weight excluding hydrogens is 405 g/mol. The van der Waals surface area contributed by atoms with E-state index >= 15 is 0 Å². The van der Waals surface area contributed by atoms with E-state index < -0.39 is 17.9 Å². The van der Waals surface area contributed by atoms with Gasteiger partial charge in [0.15, 0.2) is 6.10 Å². The van der Waals surface area contributed by atoms with Crippen molar-refractivity contribution >= 4 is 17.6 Å². The van der Waals surface area contributed by atoms with Crippen molar-refractivity contribution < 1.29 is 13.9 Å². The van der Waals surface area contributed by atoms with Gasteiger partial charge in [0.05, 0.1) is 24.0 Å². The number of esters is 1. The molecule has 0 saturated carbocycles. The highest BCUT2D eigenvalue weighted by Gasteiger charge is 2.22. The van der Waals surface area contributed by atoms with E-state index in [9.17, 15) is 9.18 Å². The van der Waals surface area contributed by atoms with Crippen LogP contribution in [-0.4, -0.2) is 20.7 Å². The van der Waals surface area contributed by atoms with Crippen LogP contribution < -0.4 is 0 Å². The minimum atomic E-state index is -0.846. The summed E-state index contributed by atoms with van der Waals surface area (Å²) in [5, 5.41) is 4.85. The lowest BCUT2D eigenvalue weighted by Gasteiger charge is -2.17. The maximum absolute atomic E-state index is 13.8. The Labute approximate surface area is 177 Å². The molecule has 4 rings (SSSR count). The molecule has 2 aromatic heterocycles. The zero-order chi connectivity index (χ0) is 20.9. The molecule has 150 valence electrons. The SMILES string of the molecule is O=C(OC(c1cccc(F)c1)c1ccccn1)c1cnn(Cc2ccccc2Cl)c1. The number of hydrogen-bond donors (Lipinski definition) is 0. The summed E-state index contributed by atoms with van der Waals surface area (Å²) in [6.45, 7) is 0.417. The van der Waals surface area contributed by atoms with Crippen LogP contribution in [0.5, 0.6) is 0 Å². The Morgan fingerprint density at radius 1 is 1.10 bits per heavy atom. The van der Waals surface area contributed by atoms with E-state index in [-0.39, 0.29) is 5.56 Å². The summed E-state index contributed by atoms with van der Waals surface area (Å²) in [5.41, 5.74) is 2.15. The van der Waals surface area contributed by atoms with E-state index in [0.29, 0.717) is 22.8 Å². The molecular formula is C23H17ClFN3O2. The van der Waals surface area contributed by atoms with Crippen LogP contribution in [-0.2, 0) is 11.3 Å². The predicted molar refractivity (Wildman–Crippen MR) is 111 cm³/mol. The number of aromatic nitrogens is 3. The summed E-state index contributed by atoms with van der Waals surface area (Å²) in [6, 6.07) is 18.6. The van der Waals surface area contributed by atoms with Crippen molar-refractivity contribution in [2.75, 3.05) is 0 Å². The lowest BCUT2D eigenvalue weighted by atomic mass is 10.1. The van der Waals surface area contributed by atoms with Gasteiger partial charge >= 0.3 is 5.97 Å². The predicted octanol–water partition coefficient (Wildman–Crippen LogP) is 5.07. The second-order valence-corrected chi connectivity index (χ2v) is 7.02. The van der Waals surface area contributed by atoms with Crippen LogP contribution >= 0.6 is 11.6 Å². The molecule has 2 heterocycles. The average Bonchev–Trinajstić information content (AvgIpc) is 3.23. The zero-order valence-corrected chi connectivity index (χ0v) is 16.5. The van der Waals surface area contributed by atoms with Gasteiger partial charge in [0.25, 0.3) is 0 Å². The van der Waals surface area contributed by atoms with Gasteiger partial charge in [-0.25, -0.2) is 9.18 Å². The van der Waals surface area contributed by atoms with Crippen molar-refractivity contribution in [1.29, 1.82) is 0 Å². The number of halogens is 2. The van der Waals surface area contributed by atoms with Crippen LogP contribution in [0.2, 0.25) is 5.02 Å². The Hall–Kier alpha value is -3.51. The Kier molecular flexibility index (Phi) is 5.86. The van der Waals surface area contributed by atoms with Crippen molar-refractivity contribution in [2.24, 2.45) is 0 Å². The Balaban J connectivity index is 1.56. The molecule has 0 aliphatic carbocycles. The molecule has 1 atom stereocenters. The molecule has 7 heteroatoms. The summed E-state index contributed by atoms with van der Waals surface area (Å²) < 4.78 is 21.1. The number of ether oxygens (including phenoxy) is 1. The first-order chi connectivity index (χ1) is 14.6. The fraction of sp³-hybridized carbons (Fsp3) is 0.0870. The average molecular weight is 422 g/mol. The molecule has 0 spiro atoms. The minimum absolute atomic E-state index is 0.277. The second kappa shape index (κ2) is 8.88. The monoisotopic (exact) mass is 421 g/mol. The van der Waals surface area contributed by atoms with Gasteiger partial charge < -0.3 is 4.74 Å². The molecule has 0 fully saturated rings. The fourth-order valence-electron chi connectivity index (χ4n) is 3.03. The van der Waals surface area contributed by atoms with Gasteiger partial charge in [-0.2, -0.15) is 5.10 Å². The molecule has 0 bridgehead atoms. The molecule has 0 N–H and O–H groups in total. The summed E-state index contributed by atoms with van der Waals surface area (Å²) in [4.78, 5) is 17.1. The van der Waals surface area contributed by atoms with Crippen LogP contribution in [0.3, 0.4) is 0 Å². The van der Waals surface area contributed by atoms with Crippen LogP contribution in [0, 0.1) is 5.82 Å². The molecule has 0 aliphatic heterocycles. The van der Waals surface area contributed by atoms with Gasteiger partial charge in [0, 0.05) is 23.0 Å². The van der Waals surface area contributed by atoms with E-state index in [0.717, 1.165) is 5.56 Å². The number of carbonyl (C=O) groups excluding carboxylic acids is 1. The second-order valence-electron chi connectivity index (χ2n) is 6.61. The van der Waals surface area contributed by atoms with E-state index in [4.69, 9.17) is 16.3 Å². The van der Waals surface area contributed by atoms with Crippen molar-refractivity contribution in [3.8, 4) is 0 Å². The molecule has 0 saturated heterocycles. The van der Waals surface area contributed by atoms with Gasteiger partial charge in [-0.1, -0.05) is 48.0 Å². The van der Waals surface area contributed by atoms with Crippen LogP contribution in [0.25, 0.3) is 0 Å². The number of benzene rings is 2. The maximum Gasteiger partial charge on any atom is 0.342 e. The van der Waals surface area contributed by atoms with Crippen molar-refractivity contribution in [3.05, 3.63) is 119 Å². The van der Waals surface area contributed by atoms with Crippen molar-refractivity contribution in [1.82, 2.24) is 14.8 Å². The van der Waals surface area contributed by atoms with E-state index in [1.54, 1.807) is 53.5 Å². The molecule has 0 aliphatic rings. The standard InChI is InChI=1S/C23H17ClFN3O2/c24-20-9-2-1-6-17(20)14-28-15-18(13-27-28)23(29)30-22(21-10-3-4-11-26-21)16-7-5-8-19(25)12-16/h1-13,15,22H,14H2. The number of pyridine rings is 1. The van der Waals surface area contributed by atoms with Gasteiger partial charge in [-0.3, -0.25) is 9.67 Å². The highest BCUT2D eigenvalue weighted by molar-refractivity contribution is 6.31. The molecule has 0 amide bonds. The summed E-state index contributed by atoms with van der Waals surface area (Å²) in [5.74, 6) is -1.00. The highest BCUT2D eigenvalue weighted by atomic mass is 35.5. The highest BCUT2D eigenvalue weighted by Crippen LogP contribution is 2.26. The number of rotatable bonds is 6. The quantitative estimate of drug-likeness (QED) is 0.408. The van der Waals surface area contributed by atoms with E-state index in [2.05, 4.69) is 10.1 Å². The number of nitrogens with zero attached hydrogens (tertiary/aromatic N) is 3. The first-order valence-electron chi connectivity index (χ1n) is 9.23. The number of hydrogen-bond acceptors (Lipinski definition) is 4. The van der Waals surface area contributed by atoms with Gasteiger partial charge in [0.1, 0.15) is 5.82 Å². The smallest absolute Gasteiger partial charge is 0.342 e. The van der Waals surface area contributed by atoms with Gasteiger partial charge in [0.2, 0.25) is 0 Å². The molecule has 4 aromatic rings. The Morgan fingerprint density at radius 2 is 1.93 bits per heavy atom. The number of carbonyl (C=O) groups is 1.